The van der Waals surface area contributed by atoms with Crippen molar-refractivity contribution in [1.29, 1.82) is 0 Å². The number of nitrogens with one attached hydrogen (secondary N) is 1. The van der Waals surface area contributed by atoms with Crippen LogP contribution in [-0.4, -0.2) is 61.2 Å². The molecule has 2 N–H and O–H groups in total. The Labute approximate surface area is 135 Å². The highest BCUT2D eigenvalue weighted by molar-refractivity contribution is 5.25. The highest BCUT2D eigenvalue weighted by atomic mass is 16.3. The summed E-state index contributed by atoms with van der Waals surface area (Å²) in [6, 6.07) is 8.52. The van der Waals surface area contributed by atoms with Gasteiger partial charge in [-0.3, -0.25) is 0 Å². The minimum Gasteiger partial charge on any atom is -0.392 e. The highest BCUT2D eigenvalue weighted by Crippen LogP contribution is 2.15. The second-order valence-electron chi connectivity index (χ2n) is 6.74. The first-order valence-corrected chi connectivity index (χ1v) is 8.42. The van der Waals surface area contributed by atoms with Gasteiger partial charge in [0.1, 0.15) is 0 Å². The summed E-state index contributed by atoms with van der Waals surface area (Å²) >= 11 is 0. The van der Waals surface area contributed by atoms with Crippen molar-refractivity contribution < 1.29 is 5.11 Å². The Kier molecular flexibility index (Phi) is 6.83. The lowest BCUT2D eigenvalue weighted by Gasteiger charge is -2.34. The molecule has 4 nitrogen and oxygen atoms in total. The van der Waals surface area contributed by atoms with Gasteiger partial charge in [0, 0.05) is 38.8 Å². The van der Waals surface area contributed by atoms with Gasteiger partial charge in [-0.2, -0.15) is 0 Å². The maximum atomic E-state index is 9.23. The van der Waals surface area contributed by atoms with Crippen LogP contribution in [0.5, 0.6) is 0 Å². The zero-order valence-electron chi connectivity index (χ0n) is 14.3. The highest BCUT2D eigenvalue weighted by Gasteiger charge is 2.16. The second-order valence-corrected chi connectivity index (χ2v) is 6.74. The molecule has 1 aromatic rings. The molecule has 0 amide bonds. The third-order valence-corrected chi connectivity index (χ3v) is 4.57. The van der Waals surface area contributed by atoms with Crippen molar-refractivity contribution in [3.8, 4) is 0 Å². The van der Waals surface area contributed by atoms with Crippen LogP contribution >= 0.6 is 0 Å². The fraction of sp³-hybridized carbons (Fsp3) is 0.667. The molecule has 0 spiro atoms. The molecule has 1 saturated heterocycles. The quantitative estimate of drug-likeness (QED) is 0.804. The van der Waals surface area contributed by atoms with Crippen LogP contribution in [-0.2, 0) is 6.61 Å². The van der Waals surface area contributed by atoms with Crippen molar-refractivity contribution in [1.82, 2.24) is 15.1 Å². The SMILES string of the molecule is CC(CNC(C)c1cccc(CO)c1)CN1CCN(C)CC1. The van der Waals surface area contributed by atoms with Crippen LogP contribution in [0.2, 0.25) is 0 Å². The predicted molar refractivity (Wildman–Crippen MR) is 91.9 cm³/mol. The van der Waals surface area contributed by atoms with E-state index in [-0.39, 0.29) is 6.61 Å². The van der Waals surface area contributed by atoms with Crippen LogP contribution in [0.4, 0.5) is 0 Å². The molecular weight excluding hydrogens is 274 g/mol. The average molecular weight is 305 g/mol. The minimum atomic E-state index is 0.111. The Hall–Kier alpha value is -0.940. The fourth-order valence-corrected chi connectivity index (χ4v) is 2.99. The van der Waals surface area contributed by atoms with Crippen molar-refractivity contribution in [2.75, 3.05) is 46.3 Å². The Morgan fingerprint density at radius 2 is 1.91 bits per heavy atom. The maximum Gasteiger partial charge on any atom is 0.0681 e. The second kappa shape index (κ2) is 8.63. The first-order chi connectivity index (χ1) is 10.6. The van der Waals surface area contributed by atoms with Crippen LogP contribution in [0.15, 0.2) is 24.3 Å². The van der Waals surface area contributed by atoms with E-state index in [0.29, 0.717) is 12.0 Å². The summed E-state index contributed by atoms with van der Waals surface area (Å²) in [5.41, 5.74) is 2.23. The van der Waals surface area contributed by atoms with Gasteiger partial charge >= 0.3 is 0 Å². The molecule has 1 aliphatic rings. The normalized spacial score (nSPS) is 20.0. The molecule has 0 aromatic heterocycles. The summed E-state index contributed by atoms with van der Waals surface area (Å²) < 4.78 is 0. The van der Waals surface area contributed by atoms with Crippen LogP contribution in [0.1, 0.15) is 31.0 Å². The molecule has 4 heteroatoms. The summed E-state index contributed by atoms with van der Waals surface area (Å²) in [7, 11) is 2.20. The lowest BCUT2D eigenvalue weighted by atomic mass is 10.0. The number of benzene rings is 1. The van der Waals surface area contributed by atoms with E-state index < -0.39 is 0 Å². The van der Waals surface area contributed by atoms with E-state index >= 15 is 0 Å². The van der Waals surface area contributed by atoms with Gasteiger partial charge in [0.2, 0.25) is 0 Å². The molecule has 0 bridgehead atoms. The van der Waals surface area contributed by atoms with E-state index in [1.54, 1.807) is 0 Å². The number of hydrogen-bond acceptors (Lipinski definition) is 4. The van der Waals surface area contributed by atoms with Crippen LogP contribution in [0.25, 0.3) is 0 Å². The smallest absolute Gasteiger partial charge is 0.0681 e. The van der Waals surface area contributed by atoms with E-state index in [2.05, 4.69) is 48.1 Å². The molecule has 1 aliphatic heterocycles. The molecule has 1 fully saturated rings. The van der Waals surface area contributed by atoms with E-state index in [1.807, 2.05) is 12.1 Å². The number of rotatable bonds is 7. The van der Waals surface area contributed by atoms with E-state index in [0.717, 1.165) is 12.1 Å². The Bertz CT molecular complexity index is 444. The first kappa shape index (κ1) is 17.4. The van der Waals surface area contributed by atoms with Crippen molar-refractivity contribution in [3.05, 3.63) is 35.4 Å². The maximum absolute atomic E-state index is 9.23. The van der Waals surface area contributed by atoms with Gasteiger partial charge in [0.05, 0.1) is 6.61 Å². The number of aliphatic hydroxyl groups excluding tert-OH is 1. The van der Waals surface area contributed by atoms with Crippen molar-refractivity contribution in [2.24, 2.45) is 5.92 Å². The molecule has 2 unspecified atom stereocenters. The third-order valence-electron chi connectivity index (χ3n) is 4.57. The summed E-state index contributed by atoms with van der Waals surface area (Å²) in [4.78, 5) is 4.97. The van der Waals surface area contributed by atoms with Gasteiger partial charge < -0.3 is 20.2 Å². The first-order valence-electron chi connectivity index (χ1n) is 8.42. The molecule has 22 heavy (non-hydrogen) atoms. The number of aliphatic hydroxyl groups is 1. The molecule has 124 valence electrons. The van der Waals surface area contributed by atoms with E-state index in [9.17, 15) is 5.11 Å². The molecule has 2 atom stereocenters. The zero-order chi connectivity index (χ0) is 15.9. The van der Waals surface area contributed by atoms with Crippen LogP contribution in [0.3, 0.4) is 0 Å². The molecule has 2 rings (SSSR count). The monoisotopic (exact) mass is 305 g/mol. The van der Waals surface area contributed by atoms with Gasteiger partial charge in [0.25, 0.3) is 0 Å². The average Bonchev–Trinajstić information content (AvgIpc) is 2.55. The minimum absolute atomic E-state index is 0.111. The standard InChI is InChI=1S/C18H31N3O/c1-15(13-21-9-7-20(3)8-10-21)12-19-16(2)18-6-4-5-17(11-18)14-22/h4-6,11,15-16,19,22H,7-10,12-14H2,1-3H3. The van der Waals surface area contributed by atoms with Gasteiger partial charge in [-0.1, -0.05) is 31.2 Å². The number of hydrogen-bond donors (Lipinski definition) is 2. The van der Waals surface area contributed by atoms with E-state index in [4.69, 9.17) is 0 Å². The Balaban J connectivity index is 1.74. The van der Waals surface area contributed by atoms with Crippen molar-refractivity contribution in [3.63, 3.8) is 0 Å². The molecular formula is C18H31N3O. The molecule has 0 saturated carbocycles. The predicted octanol–water partition coefficient (Wildman–Crippen LogP) is 1.71. The lowest BCUT2D eigenvalue weighted by molar-refractivity contribution is 0.138. The number of likely N-dealkylation sites (N-methyl/N-ethyl adjacent to an activating group) is 1. The molecule has 0 aliphatic carbocycles. The zero-order valence-corrected chi connectivity index (χ0v) is 14.3. The third kappa shape index (κ3) is 5.36. The van der Waals surface area contributed by atoms with Gasteiger partial charge in [-0.25, -0.2) is 0 Å². The number of nitrogens with zero attached hydrogens (tertiary/aromatic N) is 2. The summed E-state index contributed by atoms with van der Waals surface area (Å²) in [6.45, 7) is 11.6. The van der Waals surface area contributed by atoms with Crippen molar-refractivity contribution in [2.45, 2.75) is 26.5 Å². The Morgan fingerprint density at radius 3 is 2.59 bits per heavy atom. The van der Waals surface area contributed by atoms with Crippen molar-refractivity contribution >= 4 is 0 Å². The summed E-state index contributed by atoms with van der Waals surface area (Å²) in [5, 5.41) is 12.9. The van der Waals surface area contributed by atoms with Gasteiger partial charge in [-0.15, -0.1) is 0 Å². The number of piperazine rings is 1. The van der Waals surface area contributed by atoms with Gasteiger partial charge in [0.15, 0.2) is 0 Å². The molecule has 1 heterocycles. The molecule has 0 radical (unpaired) electrons. The summed E-state index contributed by atoms with van der Waals surface area (Å²) in [6.07, 6.45) is 0. The van der Waals surface area contributed by atoms with Crippen LogP contribution in [0, 0.1) is 5.92 Å². The largest absolute Gasteiger partial charge is 0.392 e. The van der Waals surface area contributed by atoms with Gasteiger partial charge in [-0.05, 0) is 37.6 Å². The topological polar surface area (TPSA) is 38.7 Å². The van der Waals surface area contributed by atoms with Crippen LogP contribution < -0.4 is 5.32 Å². The Morgan fingerprint density at radius 1 is 1.18 bits per heavy atom. The summed E-state index contributed by atoms with van der Waals surface area (Å²) in [5.74, 6) is 0.645. The lowest BCUT2D eigenvalue weighted by Crippen LogP contribution is -2.46. The fourth-order valence-electron chi connectivity index (χ4n) is 2.99. The van der Waals surface area contributed by atoms with E-state index in [1.165, 1.54) is 38.3 Å². The molecule has 1 aromatic carbocycles.